The second kappa shape index (κ2) is 9.99. The van der Waals surface area contributed by atoms with Crippen molar-refractivity contribution in [1.29, 1.82) is 0 Å². The van der Waals surface area contributed by atoms with Crippen LogP contribution in [0.3, 0.4) is 0 Å². The number of thiazole rings is 1. The Bertz CT molecular complexity index is 1100. The van der Waals surface area contributed by atoms with Gasteiger partial charge in [-0.15, -0.1) is 11.3 Å². The van der Waals surface area contributed by atoms with Crippen molar-refractivity contribution in [3.05, 3.63) is 47.0 Å². The third-order valence-corrected chi connectivity index (χ3v) is 6.35. The molecule has 2 aromatic heterocycles. The number of aromatic nitrogens is 2. The Balaban J connectivity index is 2.07. The van der Waals surface area contributed by atoms with Gasteiger partial charge in [-0.25, -0.2) is 9.78 Å². The lowest BCUT2D eigenvalue weighted by molar-refractivity contribution is -0.118. The Morgan fingerprint density at radius 1 is 1.25 bits per heavy atom. The van der Waals surface area contributed by atoms with Gasteiger partial charge in [0.15, 0.2) is 0 Å². The molecule has 0 bridgehead atoms. The van der Waals surface area contributed by atoms with Crippen molar-refractivity contribution < 1.29 is 19.4 Å². The molecule has 170 valence electrons. The van der Waals surface area contributed by atoms with Crippen molar-refractivity contribution in [1.82, 2.24) is 9.55 Å². The van der Waals surface area contributed by atoms with Crippen molar-refractivity contribution in [2.75, 3.05) is 7.11 Å². The zero-order valence-electron chi connectivity index (χ0n) is 18.8. The highest BCUT2D eigenvalue weighted by Crippen LogP contribution is 2.36. The maximum atomic E-state index is 11.9. The fourth-order valence-electron chi connectivity index (χ4n) is 3.97. The maximum absolute atomic E-state index is 11.9. The number of hydrogen-bond donors (Lipinski definition) is 2. The van der Waals surface area contributed by atoms with Gasteiger partial charge in [0, 0.05) is 29.1 Å². The van der Waals surface area contributed by atoms with Crippen LogP contribution in [0.25, 0.3) is 22.0 Å². The molecule has 3 rings (SSSR count). The summed E-state index contributed by atoms with van der Waals surface area (Å²) in [5.41, 5.74) is 8.73. The van der Waals surface area contributed by atoms with Crippen molar-refractivity contribution >= 4 is 23.2 Å². The molecule has 8 heteroatoms. The number of carbonyl (C=O) groups excluding carboxylic acids is 1. The molecule has 1 aromatic carbocycles. The SMILES string of the molecule is COc1ccc(-c2nc(-c3cc(C(=O)O)c(C)n3C(CCC(N)=O)CC(C)C)cs2)cc1. The zero-order chi connectivity index (χ0) is 23.4. The Morgan fingerprint density at radius 2 is 1.94 bits per heavy atom. The van der Waals surface area contributed by atoms with Crippen molar-refractivity contribution in [3.8, 4) is 27.7 Å². The third kappa shape index (κ3) is 5.19. The van der Waals surface area contributed by atoms with Gasteiger partial charge in [-0.1, -0.05) is 13.8 Å². The minimum absolute atomic E-state index is 0.0586. The first-order valence-corrected chi connectivity index (χ1v) is 11.4. The van der Waals surface area contributed by atoms with Crippen LogP contribution in [0.1, 0.15) is 55.2 Å². The number of nitrogens with two attached hydrogens (primary N) is 1. The summed E-state index contributed by atoms with van der Waals surface area (Å²) in [4.78, 5) is 28.2. The van der Waals surface area contributed by atoms with Gasteiger partial charge in [0.05, 0.1) is 24.1 Å². The molecule has 7 nitrogen and oxygen atoms in total. The molecule has 1 amide bonds. The first kappa shape index (κ1) is 23.5. The second-order valence-corrected chi connectivity index (χ2v) is 9.12. The molecule has 0 saturated carbocycles. The van der Waals surface area contributed by atoms with E-state index in [0.29, 0.717) is 23.7 Å². The van der Waals surface area contributed by atoms with Gasteiger partial charge in [0.2, 0.25) is 5.91 Å². The number of methoxy groups -OCH3 is 1. The van der Waals surface area contributed by atoms with Gasteiger partial charge in [-0.2, -0.15) is 0 Å². The van der Waals surface area contributed by atoms with E-state index >= 15 is 0 Å². The zero-order valence-corrected chi connectivity index (χ0v) is 19.6. The number of carbonyl (C=O) groups is 2. The molecule has 2 heterocycles. The first-order chi connectivity index (χ1) is 15.2. The largest absolute Gasteiger partial charge is 0.497 e. The van der Waals surface area contributed by atoms with Crippen LogP contribution in [-0.2, 0) is 4.79 Å². The van der Waals surface area contributed by atoms with E-state index in [9.17, 15) is 14.7 Å². The van der Waals surface area contributed by atoms with E-state index in [4.69, 9.17) is 15.5 Å². The standard InChI is InChI=1S/C24H29N3O4S/c1-14(2)11-17(7-10-22(25)28)27-15(3)19(24(29)30)12-21(27)20-13-32-23(26-20)16-5-8-18(31-4)9-6-16/h5-6,8-9,12-14,17H,7,10-11H2,1-4H3,(H2,25,28)(H,29,30). The number of aromatic carboxylic acids is 1. The summed E-state index contributed by atoms with van der Waals surface area (Å²) in [7, 11) is 1.62. The molecule has 0 aliphatic rings. The summed E-state index contributed by atoms with van der Waals surface area (Å²) >= 11 is 1.50. The van der Waals surface area contributed by atoms with Gasteiger partial charge in [0.1, 0.15) is 10.8 Å². The van der Waals surface area contributed by atoms with Crippen LogP contribution in [0.5, 0.6) is 5.75 Å². The monoisotopic (exact) mass is 455 g/mol. The molecule has 3 N–H and O–H groups in total. The molecule has 1 unspecified atom stereocenters. The number of carboxylic acid groups (broad SMARTS) is 1. The van der Waals surface area contributed by atoms with Crippen molar-refractivity contribution in [2.24, 2.45) is 11.7 Å². The molecule has 3 aromatic rings. The predicted molar refractivity (Wildman–Crippen MR) is 126 cm³/mol. The number of carboxylic acids is 1. The summed E-state index contributed by atoms with van der Waals surface area (Å²) < 4.78 is 7.25. The summed E-state index contributed by atoms with van der Waals surface area (Å²) in [5, 5.41) is 12.5. The molecule has 1 atom stereocenters. The van der Waals surface area contributed by atoms with Crippen LogP contribution in [0.15, 0.2) is 35.7 Å². The molecule has 0 spiro atoms. The number of hydrogen-bond acceptors (Lipinski definition) is 5. The van der Waals surface area contributed by atoms with Crippen LogP contribution in [0, 0.1) is 12.8 Å². The average molecular weight is 456 g/mol. The molecule has 0 fully saturated rings. The van der Waals surface area contributed by atoms with Crippen LogP contribution in [0.4, 0.5) is 0 Å². The fourth-order valence-corrected chi connectivity index (χ4v) is 4.79. The molecule has 0 radical (unpaired) electrons. The number of rotatable bonds is 10. The Kier molecular flexibility index (Phi) is 7.35. The summed E-state index contributed by atoms with van der Waals surface area (Å²) in [6.45, 7) is 6.03. The van der Waals surface area contributed by atoms with E-state index in [-0.39, 0.29) is 23.9 Å². The number of primary amides is 1. The summed E-state index contributed by atoms with van der Waals surface area (Å²) in [5.74, 6) is -0.210. The number of amides is 1. The highest BCUT2D eigenvalue weighted by atomic mass is 32.1. The quantitative estimate of drug-likeness (QED) is 0.440. The van der Waals surface area contributed by atoms with E-state index in [1.54, 1.807) is 20.1 Å². The topological polar surface area (TPSA) is 107 Å². The van der Waals surface area contributed by atoms with E-state index in [1.165, 1.54) is 11.3 Å². The van der Waals surface area contributed by atoms with Crippen molar-refractivity contribution in [3.63, 3.8) is 0 Å². The van der Waals surface area contributed by atoms with Gasteiger partial charge < -0.3 is 20.1 Å². The van der Waals surface area contributed by atoms with Gasteiger partial charge >= 0.3 is 5.97 Å². The fraction of sp³-hybridized carbons (Fsp3) is 0.375. The molecule has 0 saturated heterocycles. The van der Waals surface area contributed by atoms with Gasteiger partial charge in [-0.05, 0) is 56.0 Å². The van der Waals surface area contributed by atoms with Crippen LogP contribution < -0.4 is 10.5 Å². The smallest absolute Gasteiger partial charge is 0.337 e. The van der Waals surface area contributed by atoms with E-state index in [2.05, 4.69) is 13.8 Å². The van der Waals surface area contributed by atoms with Gasteiger partial charge in [0.25, 0.3) is 0 Å². The van der Waals surface area contributed by atoms with Gasteiger partial charge in [-0.3, -0.25) is 4.79 Å². The Morgan fingerprint density at radius 3 is 2.50 bits per heavy atom. The predicted octanol–water partition coefficient (Wildman–Crippen LogP) is 5.15. The minimum atomic E-state index is -0.980. The molecule has 32 heavy (non-hydrogen) atoms. The lowest BCUT2D eigenvalue weighted by Crippen LogP contribution is -2.19. The van der Waals surface area contributed by atoms with Crippen LogP contribution in [-0.4, -0.2) is 33.6 Å². The normalized spacial score (nSPS) is 12.2. The lowest BCUT2D eigenvalue weighted by atomic mass is 9.98. The molecular weight excluding hydrogens is 426 g/mol. The highest BCUT2D eigenvalue weighted by molar-refractivity contribution is 7.13. The van der Waals surface area contributed by atoms with E-state index in [0.717, 1.165) is 28.4 Å². The lowest BCUT2D eigenvalue weighted by Gasteiger charge is -2.24. The minimum Gasteiger partial charge on any atom is -0.497 e. The number of benzene rings is 1. The molecular formula is C24H29N3O4S. The average Bonchev–Trinajstić information content (AvgIpc) is 3.35. The van der Waals surface area contributed by atoms with E-state index < -0.39 is 5.97 Å². The Labute approximate surface area is 191 Å². The number of ether oxygens (including phenoxy) is 1. The maximum Gasteiger partial charge on any atom is 0.337 e. The van der Waals surface area contributed by atoms with E-state index in [1.807, 2.05) is 34.2 Å². The third-order valence-electron chi connectivity index (χ3n) is 5.46. The van der Waals surface area contributed by atoms with Crippen LogP contribution in [0.2, 0.25) is 0 Å². The molecule has 0 aliphatic carbocycles. The highest BCUT2D eigenvalue weighted by Gasteiger charge is 2.25. The second-order valence-electron chi connectivity index (χ2n) is 8.26. The van der Waals surface area contributed by atoms with Crippen LogP contribution >= 0.6 is 11.3 Å². The molecule has 0 aliphatic heterocycles. The first-order valence-electron chi connectivity index (χ1n) is 10.5. The summed E-state index contributed by atoms with van der Waals surface area (Å²) in [6.07, 6.45) is 1.58. The summed E-state index contributed by atoms with van der Waals surface area (Å²) in [6, 6.07) is 9.29. The van der Waals surface area contributed by atoms with Crippen molar-refractivity contribution in [2.45, 2.75) is 46.1 Å². The number of nitrogens with zero attached hydrogens (tertiary/aromatic N) is 2. The Hall–Kier alpha value is -3.13.